The molecule has 0 atom stereocenters. The van der Waals surface area contributed by atoms with E-state index in [4.69, 9.17) is 17.9 Å². The molecule has 0 spiro atoms. The fraction of sp³-hybridized carbons (Fsp3) is 0.200. The molecule has 0 saturated carbocycles. The summed E-state index contributed by atoms with van der Waals surface area (Å²) in [5.41, 5.74) is 6.16. The molecule has 0 fully saturated rings. The Morgan fingerprint density at radius 2 is 2.07 bits per heavy atom. The van der Waals surface area contributed by atoms with E-state index < -0.39 is 0 Å². The Balaban J connectivity index is 2.28. The lowest BCUT2D eigenvalue weighted by Crippen LogP contribution is -2.43. The molecule has 0 aliphatic carbocycles. The lowest BCUT2D eigenvalue weighted by Gasteiger charge is -2.08. The third-order valence-corrected chi connectivity index (χ3v) is 1.76. The first kappa shape index (κ1) is 9.51. The van der Waals surface area contributed by atoms with E-state index in [9.17, 15) is 0 Å². The number of rotatable bonds is 3. The molecule has 0 aromatic heterocycles. The van der Waals surface area contributed by atoms with E-state index in [2.05, 4.69) is 10.6 Å². The number of nitrogens with one attached hydrogen (secondary N) is 4. The number of hydrogen-bond donors (Lipinski definition) is 5. The van der Waals surface area contributed by atoms with Gasteiger partial charge in [0.1, 0.15) is 0 Å². The average Bonchev–Trinajstić information content (AvgIpc) is 2.20. The highest BCUT2D eigenvalue weighted by molar-refractivity contribution is 5.94. The molecule has 5 nitrogen and oxygen atoms in total. The summed E-state index contributed by atoms with van der Waals surface area (Å²) < 4.78 is 7.32. The molecule has 0 aliphatic heterocycles. The summed E-state index contributed by atoms with van der Waals surface area (Å²) in [5, 5.41) is 19.4. The Morgan fingerprint density at radius 3 is 2.67 bits per heavy atom. The number of hydrogen-bond acceptors (Lipinski definition) is 2. The second-order valence-electron chi connectivity index (χ2n) is 3.00. The Hall–Kier alpha value is -2.04. The van der Waals surface area contributed by atoms with Crippen molar-refractivity contribution in [2.24, 2.45) is 5.73 Å². The molecule has 0 unspecified atom stereocenters. The van der Waals surface area contributed by atoms with Crippen molar-refractivity contribution >= 4 is 11.9 Å². The second-order valence-corrected chi connectivity index (χ2v) is 3.00. The predicted molar refractivity (Wildman–Crippen MR) is 60.9 cm³/mol. The van der Waals surface area contributed by atoms with E-state index >= 15 is 0 Å². The van der Waals surface area contributed by atoms with Crippen LogP contribution in [0, 0.1) is 10.8 Å². The minimum absolute atomic E-state index is 0.0182. The lowest BCUT2D eigenvalue weighted by molar-refractivity contribution is 0.841. The van der Waals surface area contributed by atoms with E-state index in [-0.39, 0.29) is 11.9 Å². The van der Waals surface area contributed by atoms with Gasteiger partial charge in [0.25, 0.3) is 0 Å². The molecular weight excluding hydrogens is 190 g/mol. The van der Waals surface area contributed by atoms with Crippen molar-refractivity contribution in [2.75, 3.05) is 6.54 Å². The quantitative estimate of drug-likeness (QED) is 0.362. The standard InChI is InChI=1S/C10H15N5/c11-9(12)15-10(13)14-7-6-8-4-2-1-3-5-8/h1-5H,6-7H2,(H6,11,12,13,14,15)/i1D. The summed E-state index contributed by atoms with van der Waals surface area (Å²) >= 11 is 0. The van der Waals surface area contributed by atoms with Crippen LogP contribution < -0.4 is 16.4 Å². The SMILES string of the molecule is [2H]c1ccc(CCNC(=N)NC(=N)N)cc1. The Kier molecular flexibility index (Phi) is 3.58. The van der Waals surface area contributed by atoms with Crippen LogP contribution in [-0.4, -0.2) is 18.5 Å². The van der Waals surface area contributed by atoms with E-state index in [0.717, 1.165) is 12.0 Å². The van der Waals surface area contributed by atoms with Crippen LogP contribution in [0.25, 0.3) is 0 Å². The number of benzene rings is 1. The molecule has 5 heteroatoms. The fourth-order valence-corrected chi connectivity index (χ4v) is 1.10. The molecule has 15 heavy (non-hydrogen) atoms. The average molecular weight is 206 g/mol. The maximum absolute atomic E-state index is 7.35. The Labute approximate surface area is 90.1 Å². The maximum Gasteiger partial charge on any atom is 0.195 e. The van der Waals surface area contributed by atoms with Gasteiger partial charge in [-0.1, -0.05) is 30.3 Å². The second kappa shape index (κ2) is 5.64. The Morgan fingerprint density at radius 1 is 1.40 bits per heavy atom. The van der Waals surface area contributed by atoms with Gasteiger partial charge in [0.2, 0.25) is 0 Å². The molecule has 6 N–H and O–H groups in total. The van der Waals surface area contributed by atoms with Crippen molar-refractivity contribution in [3.63, 3.8) is 0 Å². The molecule has 1 rings (SSSR count). The van der Waals surface area contributed by atoms with Crippen molar-refractivity contribution in [1.82, 2.24) is 10.6 Å². The summed E-state index contributed by atoms with van der Waals surface area (Å²) in [6.45, 7) is 0.580. The summed E-state index contributed by atoms with van der Waals surface area (Å²) in [7, 11) is 0. The van der Waals surface area contributed by atoms with Crippen molar-refractivity contribution in [1.29, 1.82) is 10.8 Å². The van der Waals surface area contributed by atoms with E-state index in [1.165, 1.54) is 0 Å². The summed E-state index contributed by atoms with van der Waals surface area (Å²) in [6, 6.07) is 7.71. The minimum atomic E-state index is -0.254. The van der Waals surface area contributed by atoms with Crippen molar-refractivity contribution in [2.45, 2.75) is 6.42 Å². The highest BCUT2D eigenvalue weighted by Gasteiger charge is 1.96. The monoisotopic (exact) mass is 206 g/mol. The molecule has 1 aromatic carbocycles. The highest BCUT2D eigenvalue weighted by atomic mass is 15.2. The topological polar surface area (TPSA) is 97.8 Å². The fourth-order valence-electron chi connectivity index (χ4n) is 1.10. The van der Waals surface area contributed by atoms with Crippen LogP contribution in [0.1, 0.15) is 6.93 Å². The summed E-state index contributed by atoms with van der Waals surface area (Å²) in [6.07, 6.45) is 0.752. The lowest BCUT2D eigenvalue weighted by atomic mass is 10.1. The summed E-state index contributed by atoms with van der Waals surface area (Å²) in [4.78, 5) is 0. The highest BCUT2D eigenvalue weighted by Crippen LogP contribution is 1.97. The molecule has 0 saturated heterocycles. The predicted octanol–water partition coefficient (Wildman–Crippen LogP) is 0.237. The first-order valence-electron chi connectivity index (χ1n) is 5.07. The molecule has 80 valence electrons. The zero-order chi connectivity index (χ0) is 12.0. The number of guanidine groups is 2. The third kappa shape index (κ3) is 4.66. The van der Waals surface area contributed by atoms with Crippen LogP contribution in [0.5, 0.6) is 0 Å². The number of nitrogens with two attached hydrogens (primary N) is 1. The molecule has 0 radical (unpaired) electrons. The van der Waals surface area contributed by atoms with Crippen LogP contribution in [-0.2, 0) is 6.42 Å². The summed E-state index contributed by atoms with van der Waals surface area (Å²) in [5.74, 6) is -0.235. The van der Waals surface area contributed by atoms with Crippen LogP contribution in [0.3, 0.4) is 0 Å². The molecule has 0 heterocycles. The van der Waals surface area contributed by atoms with Gasteiger partial charge in [-0.25, -0.2) is 0 Å². The van der Waals surface area contributed by atoms with Gasteiger partial charge in [-0.2, -0.15) is 0 Å². The molecule has 0 bridgehead atoms. The minimum Gasteiger partial charge on any atom is -0.370 e. The van der Waals surface area contributed by atoms with E-state index in [1.54, 1.807) is 12.1 Å². The van der Waals surface area contributed by atoms with Crippen LogP contribution in [0.4, 0.5) is 0 Å². The van der Waals surface area contributed by atoms with Crippen molar-refractivity contribution in [3.05, 3.63) is 35.9 Å². The van der Waals surface area contributed by atoms with Crippen molar-refractivity contribution in [3.8, 4) is 0 Å². The van der Waals surface area contributed by atoms with Gasteiger partial charge in [0.05, 0.1) is 1.37 Å². The van der Waals surface area contributed by atoms with Crippen LogP contribution in [0.15, 0.2) is 30.3 Å². The van der Waals surface area contributed by atoms with Gasteiger partial charge >= 0.3 is 0 Å². The first-order chi connectivity index (χ1) is 7.58. The smallest absolute Gasteiger partial charge is 0.195 e. The van der Waals surface area contributed by atoms with Crippen LogP contribution >= 0.6 is 0 Å². The molecule has 0 aliphatic rings. The van der Waals surface area contributed by atoms with E-state index in [1.807, 2.05) is 12.1 Å². The van der Waals surface area contributed by atoms with Gasteiger partial charge < -0.3 is 11.1 Å². The normalized spacial score (nSPS) is 10.3. The van der Waals surface area contributed by atoms with Crippen LogP contribution in [0.2, 0.25) is 0 Å². The van der Waals surface area contributed by atoms with Gasteiger partial charge in [0.15, 0.2) is 11.9 Å². The molecule has 1 aromatic rings. The Bertz CT molecular complexity index is 373. The van der Waals surface area contributed by atoms with Gasteiger partial charge in [-0.05, 0) is 12.0 Å². The largest absolute Gasteiger partial charge is 0.370 e. The van der Waals surface area contributed by atoms with Gasteiger partial charge in [-0.15, -0.1) is 0 Å². The zero-order valence-corrected chi connectivity index (χ0v) is 8.30. The first-order valence-corrected chi connectivity index (χ1v) is 4.57. The molecule has 0 amide bonds. The zero-order valence-electron chi connectivity index (χ0n) is 9.30. The maximum atomic E-state index is 7.35. The van der Waals surface area contributed by atoms with Gasteiger partial charge in [-0.3, -0.25) is 16.1 Å². The molecular formula is C10H15N5. The van der Waals surface area contributed by atoms with Crippen molar-refractivity contribution < 1.29 is 1.37 Å². The van der Waals surface area contributed by atoms with Gasteiger partial charge in [0, 0.05) is 6.54 Å². The van der Waals surface area contributed by atoms with E-state index in [0.29, 0.717) is 12.6 Å². The third-order valence-electron chi connectivity index (χ3n) is 1.76.